The number of nitrogens with two attached hydrogens (primary N) is 1. The third kappa shape index (κ3) is 1.38. The summed E-state index contributed by atoms with van der Waals surface area (Å²) in [6, 6.07) is 3.98. The molecule has 0 unspecified atom stereocenters. The van der Waals surface area contributed by atoms with Crippen LogP contribution in [-0.2, 0) is 6.54 Å². The van der Waals surface area contributed by atoms with Gasteiger partial charge in [0.2, 0.25) is 0 Å². The monoisotopic (exact) mass is 179 g/mol. The van der Waals surface area contributed by atoms with E-state index in [-0.39, 0.29) is 5.56 Å². The topological polar surface area (TPSA) is 60.0 Å². The number of nitrogens with one attached hydrogen (secondary N) is 1. The molecule has 0 saturated carbocycles. The van der Waals surface area contributed by atoms with Gasteiger partial charge in [-0.15, -0.1) is 0 Å². The zero-order valence-corrected chi connectivity index (χ0v) is 7.36. The summed E-state index contributed by atoms with van der Waals surface area (Å²) < 4.78 is 1.76. The molecular weight excluding hydrogens is 166 g/mol. The lowest BCUT2D eigenvalue weighted by atomic mass is 10.1. The quantitative estimate of drug-likeness (QED) is 0.640. The van der Waals surface area contributed by atoms with E-state index in [4.69, 9.17) is 5.73 Å². The van der Waals surface area contributed by atoms with Crippen LogP contribution in [0.1, 0.15) is 11.6 Å². The van der Waals surface area contributed by atoms with E-state index in [0.29, 0.717) is 18.2 Å². The second-order valence-electron chi connectivity index (χ2n) is 3.26. The molecule has 70 valence electrons. The van der Waals surface area contributed by atoms with Crippen molar-refractivity contribution >= 4 is 0 Å². The SMILES string of the molecule is NCc1cccn(C2CNC2)c1=O. The second-order valence-corrected chi connectivity index (χ2v) is 3.26. The molecule has 13 heavy (non-hydrogen) atoms. The Kier molecular flexibility index (Phi) is 2.16. The molecule has 0 atom stereocenters. The molecular formula is C9H13N3O. The Morgan fingerprint density at radius 2 is 2.38 bits per heavy atom. The molecule has 0 spiro atoms. The van der Waals surface area contributed by atoms with Crippen molar-refractivity contribution in [1.82, 2.24) is 9.88 Å². The van der Waals surface area contributed by atoms with Gasteiger partial charge in [0.05, 0.1) is 6.04 Å². The molecule has 4 nitrogen and oxygen atoms in total. The lowest BCUT2D eigenvalue weighted by molar-refractivity contribution is 0.335. The maximum Gasteiger partial charge on any atom is 0.255 e. The number of nitrogens with zero attached hydrogens (tertiary/aromatic N) is 1. The summed E-state index contributed by atoms with van der Waals surface area (Å²) in [5.41, 5.74) is 6.19. The summed E-state index contributed by atoms with van der Waals surface area (Å²) in [5.74, 6) is 0. The summed E-state index contributed by atoms with van der Waals surface area (Å²) in [4.78, 5) is 11.7. The van der Waals surface area contributed by atoms with Gasteiger partial charge >= 0.3 is 0 Å². The molecule has 0 amide bonds. The highest BCUT2D eigenvalue weighted by molar-refractivity contribution is 5.11. The smallest absolute Gasteiger partial charge is 0.255 e. The Bertz CT molecular complexity index is 354. The Labute approximate surface area is 76.4 Å². The maximum absolute atomic E-state index is 11.7. The molecule has 1 saturated heterocycles. The molecule has 1 aliphatic heterocycles. The first-order chi connectivity index (χ1) is 6.33. The van der Waals surface area contributed by atoms with Crippen LogP contribution in [0.2, 0.25) is 0 Å². The first-order valence-electron chi connectivity index (χ1n) is 4.43. The van der Waals surface area contributed by atoms with E-state index in [1.807, 2.05) is 12.3 Å². The molecule has 1 aromatic heterocycles. The minimum atomic E-state index is 0.0523. The first kappa shape index (κ1) is 8.47. The van der Waals surface area contributed by atoms with Crippen molar-refractivity contribution in [2.24, 2.45) is 5.73 Å². The van der Waals surface area contributed by atoms with Crippen LogP contribution in [-0.4, -0.2) is 17.7 Å². The Hall–Kier alpha value is -1.13. The average Bonchev–Trinajstić information content (AvgIpc) is 2.05. The Balaban J connectivity index is 2.39. The van der Waals surface area contributed by atoms with Gasteiger partial charge in [0, 0.05) is 31.4 Å². The van der Waals surface area contributed by atoms with E-state index in [2.05, 4.69) is 5.32 Å². The number of pyridine rings is 1. The van der Waals surface area contributed by atoms with Gasteiger partial charge < -0.3 is 15.6 Å². The average molecular weight is 179 g/mol. The number of aromatic nitrogens is 1. The summed E-state index contributed by atoms with van der Waals surface area (Å²) in [6.45, 7) is 2.09. The zero-order valence-electron chi connectivity index (χ0n) is 7.36. The van der Waals surface area contributed by atoms with Gasteiger partial charge in [0.1, 0.15) is 0 Å². The molecule has 4 heteroatoms. The largest absolute Gasteiger partial charge is 0.326 e. The second kappa shape index (κ2) is 3.32. The molecule has 0 aliphatic carbocycles. The van der Waals surface area contributed by atoms with Crippen LogP contribution in [0, 0.1) is 0 Å². The van der Waals surface area contributed by atoms with Crippen molar-refractivity contribution in [3.63, 3.8) is 0 Å². The highest BCUT2D eigenvalue weighted by atomic mass is 16.1. The van der Waals surface area contributed by atoms with E-state index < -0.39 is 0 Å². The van der Waals surface area contributed by atoms with E-state index in [9.17, 15) is 4.79 Å². The molecule has 2 rings (SSSR count). The van der Waals surface area contributed by atoms with Crippen LogP contribution in [0.5, 0.6) is 0 Å². The van der Waals surface area contributed by atoms with Crippen molar-refractivity contribution in [2.75, 3.05) is 13.1 Å². The van der Waals surface area contributed by atoms with Crippen molar-refractivity contribution in [1.29, 1.82) is 0 Å². The number of hydrogen-bond donors (Lipinski definition) is 2. The fourth-order valence-corrected chi connectivity index (χ4v) is 1.47. The van der Waals surface area contributed by atoms with Crippen molar-refractivity contribution in [3.8, 4) is 0 Å². The fourth-order valence-electron chi connectivity index (χ4n) is 1.47. The molecule has 1 aromatic rings. The maximum atomic E-state index is 11.7. The van der Waals surface area contributed by atoms with Crippen LogP contribution in [0.4, 0.5) is 0 Å². The van der Waals surface area contributed by atoms with Gasteiger partial charge in [-0.3, -0.25) is 4.79 Å². The summed E-state index contributed by atoms with van der Waals surface area (Å²) >= 11 is 0. The van der Waals surface area contributed by atoms with E-state index in [1.54, 1.807) is 10.6 Å². The predicted molar refractivity (Wildman–Crippen MR) is 50.5 cm³/mol. The third-order valence-corrected chi connectivity index (χ3v) is 2.43. The zero-order chi connectivity index (χ0) is 9.26. The minimum Gasteiger partial charge on any atom is -0.326 e. The van der Waals surface area contributed by atoms with Crippen molar-refractivity contribution in [3.05, 3.63) is 34.2 Å². The molecule has 1 fully saturated rings. The van der Waals surface area contributed by atoms with Gasteiger partial charge in [-0.05, 0) is 6.07 Å². The highest BCUT2D eigenvalue weighted by Crippen LogP contribution is 2.08. The number of rotatable bonds is 2. The summed E-state index contributed by atoms with van der Waals surface area (Å²) in [5, 5.41) is 3.13. The first-order valence-corrected chi connectivity index (χ1v) is 4.43. The third-order valence-electron chi connectivity index (χ3n) is 2.43. The Morgan fingerprint density at radius 1 is 1.62 bits per heavy atom. The van der Waals surface area contributed by atoms with Gasteiger partial charge in [-0.2, -0.15) is 0 Å². The van der Waals surface area contributed by atoms with E-state index in [0.717, 1.165) is 13.1 Å². The van der Waals surface area contributed by atoms with E-state index in [1.165, 1.54) is 0 Å². The van der Waals surface area contributed by atoms with Crippen molar-refractivity contribution < 1.29 is 0 Å². The lowest BCUT2D eigenvalue weighted by Crippen LogP contribution is -2.47. The normalized spacial score (nSPS) is 17.0. The molecule has 1 aliphatic rings. The van der Waals surface area contributed by atoms with Gasteiger partial charge in [0.15, 0.2) is 0 Å². The van der Waals surface area contributed by atoms with Crippen LogP contribution in [0.25, 0.3) is 0 Å². The highest BCUT2D eigenvalue weighted by Gasteiger charge is 2.19. The molecule has 0 bridgehead atoms. The molecule has 2 heterocycles. The van der Waals surface area contributed by atoms with Gasteiger partial charge in [0.25, 0.3) is 5.56 Å². The minimum absolute atomic E-state index is 0.0523. The Morgan fingerprint density at radius 3 is 2.92 bits per heavy atom. The lowest BCUT2D eigenvalue weighted by Gasteiger charge is -2.29. The predicted octanol–water partition coefficient (Wildman–Crippen LogP) is -0.549. The summed E-state index contributed by atoms with van der Waals surface area (Å²) in [7, 11) is 0. The number of hydrogen-bond acceptors (Lipinski definition) is 3. The summed E-state index contributed by atoms with van der Waals surface area (Å²) in [6.07, 6.45) is 1.83. The van der Waals surface area contributed by atoms with Crippen LogP contribution in [0.3, 0.4) is 0 Å². The van der Waals surface area contributed by atoms with Gasteiger partial charge in [-0.1, -0.05) is 6.07 Å². The fraction of sp³-hybridized carbons (Fsp3) is 0.444. The van der Waals surface area contributed by atoms with Gasteiger partial charge in [-0.25, -0.2) is 0 Å². The van der Waals surface area contributed by atoms with Crippen LogP contribution < -0.4 is 16.6 Å². The van der Waals surface area contributed by atoms with Crippen LogP contribution in [0.15, 0.2) is 23.1 Å². The van der Waals surface area contributed by atoms with Crippen molar-refractivity contribution in [2.45, 2.75) is 12.6 Å². The molecule has 0 radical (unpaired) electrons. The standard InChI is InChI=1S/C9H13N3O/c10-4-7-2-1-3-12(9(7)13)8-5-11-6-8/h1-3,8,11H,4-6,10H2. The molecule has 0 aromatic carbocycles. The van der Waals surface area contributed by atoms with Crippen LogP contribution >= 0.6 is 0 Å². The molecule has 3 N–H and O–H groups in total. The van der Waals surface area contributed by atoms with E-state index >= 15 is 0 Å².